The van der Waals surface area contributed by atoms with Gasteiger partial charge in [-0.15, -0.1) is 0 Å². The molecule has 0 radical (unpaired) electrons. The molecule has 0 aromatic heterocycles. The molecule has 0 heterocycles. The van der Waals surface area contributed by atoms with Gasteiger partial charge < -0.3 is 5.32 Å². The highest BCUT2D eigenvalue weighted by atomic mass is 32.2. The van der Waals surface area contributed by atoms with Gasteiger partial charge in [0.2, 0.25) is 0 Å². The van der Waals surface area contributed by atoms with Gasteiger partial charge in [-0.05, 0) is 31.9 Å². The molecule has 0 aliphatic heterocycles. The molecule has 2 unspecified atom stereocenters. The summed E-state index contributed by atoms with van der Waals surface area (Å²) in [6.45, 7) is 6.44. The fourth-order valence-corrected chi connectivity index (χ4v) is 3.50. The van der Waals surface area contributed by atoms with Gasteiger partial charge in [-0.2, -0.15) is 0 Å². The first-order chi connectivity index (χ1) is 8.52. The van der Waals surface area contributed by atoms with Crippen LogP contribution in [0.25, 0.3) is 0 Å². The van der Waals surface area contributed by atoms with Gasteiger partial charge in [-0.25, -0.2) is 0 Å². The summed E-state index contributed by atoms with van der Waals surface area (Å²) in [4.78, 5) is 0. The number of hydrogen-bond acceptors (Lipinski definition) is 2. The van der Waals surface area contributed by atoms with Gasteiger partial charge in [0.25, 0.3) is 0 Å². The van der Waals surface area contributed by atoms with E-state index in [4.69, 9.17) is 0 Å². The highest BCUT2D eigenvalue weighted by molar-refractivity contribution is 7.85. The van der Waals surface area contributed by atoms with Crippen LogP contribution in [0.1, 0.15) is 37.4 Å². The lowest BCUT2D eigenvalue weighted by molar-refractivity contribution is 0.608. The third-order valence-corrected chi connectivity index (χ3v) is 4.46. The lowest BCUT2D eigenvalue weighted by Gasteiger charge is -2.17. The van der Waals surface area contributed by atoms with Crippen LogP contribution >= 0.6 is 0 Å². The summed E-state index contributed by atoms with van der Waals surface area (Å²) >= 11 is 0. The average molecular weight is 267 g/mol. The van der Waals surface area contributed by atoms with Gasteiger partial charge in [0.15, 0.2) is 0 Å². The molecule has 2 nitrogen and oxygen atoms in total. The van der Waals surface area contributed by atoms with Gasteiger partial charge >= 0.3 is 0 Å². The highest BCUT2D eigenvalue weighted by Crippen LogP contribution is 2.16. The Labute approximate surface area is 114 Å². The third kappa shape index (κ3) is 5.32. The molecular formula is C15H25NOS. The molecule has 0 fully saturated rings. The summed E-state index contributed by atoms with van der Waals surface area (Å²) < 4.78 is 12.0. The third-order valence-electron chi connectivity index (χ3n) is 3.07. The van der Waals surface area contributed by atoms with Crippen molar-refractivity contribution in [2.45, 2.75) is 33.2 Å². The second-order valence-electron chi connectivity index (χ2n) is 5.25. The minimum Gasteiger partial charge on any atom is -0.312 e. The molecule has 0 spiro atoms. The Morgan fingerprint density at radius 1 is 1.33 bits per heavy atom. The minimum atomic E-state index is -0.740. The van der Waals surface area contributed by atoms with Crippen molar-refractivity contribution in [3.8, 4) is 0 Å². The first-order valence-electron chi connectivity index (χ1n) is 6.61. The first kappa shape index (κ1) is 15.4. The van der Waals surface area contributed by atoms with Gasteiger partial charge in [0.1, 0.15) is 0 Å². The molecule has 2 atom stereocenters. The highest BCUT2D eigenvalue weighted by Gasteiger charge is 2.13. The van der Waals surface area contributed by atoms with E-state index in [1.165, 1.54) is 11.1 Å². The topological polar surface area (TPSA) is 29.1 Å². The Hall–Kier alpha value is -0.670. The molecule has 0 aliphatic rings. The molecule has 1 N–H and O–H groups in total. The molecule has 0 saturated heterocycles. The van der Waals surface area contributed by atoms with Crippen molar-refractivity contribution in [1.29, 1.82) is 0 Å². The van der Waals surface area contributed by atoms with E-state index in [1.54, 1.807) is 0 Å². The number of benzene rings is 1. The first-order valence-corrected chi connectivity index (χ1v) is 8.10. The SMILES string of the molecule is CNC(CS(=O)CCC(C)C)c1cccc(C)c1. The molecule has 18 heavy (non-hydrogen) atoms. The maximum absolute atomic E-state index is 12.0. The standard InChI is InChI=1S/C15H25NOS/c1-12(2)8-9-18(17)11-15(16-4)14-7-5-6-13(3)10-14/h5-7,10,12,15-16H,8-9,11H2,1-4H3. The van der Waals surface area contributed by atoms with E-state index in [1.807, 2.05) is 7.05 Å². The van der Waals surface area contributed by atoms with Crippen molar-refractivity contribution in [3.05, 3.63) is 35.4 Å². The monoisotopic (exact) mass is 267 g/mol. The van der Waals surface area contributed by atoms with E-state index in [0.29, 0.717) is 11.7 Å². The quantitative estimate of drug-likeness (QED) is 0.822. The molecule has 102 valence electrons. The zero-order valence-corrected chi connectivity index (χ0v) is 12.7. The Kier molecular flexibility index (Phi) is 6.58. The van der Waals surface area contributed by atoms with Crippen LogP contribution in [0, 0.1) is 12.8 Å². The number of hydrogen-bond donors (Lipinski definition) is 1. The van der Waals surface area contributed by atoms with Crippen LogP contribution in [0.2, 0.25) is 0 Å². The van der Waals surface area contributed by atoms with E-state index < -0.39 is 10.8 Å². The Morgan fingerprint density at radius 3 is 2.61 bits per heavy atom. The maximum Gasteiger partial charge on any atom is 0.0434 e. The summed E-state index contributed by atoms with van der Waals surface area (Å²) in [7, 11) is 1.20. The summed E-state index contributed by atoms with van der Waals surface area (Å²) in [6, 6.07) is 8.62. The van der Waals surface area contributed by atoms with Crippen LogP contribution in [0.15, 0.2) is 24.3 Å². The Morgan fingerprint density at radius 2 is 2.06 bits per heavy atom. The van der Waals surface area contributed by atoms with Crippen molar-refractivity contribution in [1.82, 2.24) is 5.32 Å². The zero-order chi connectivity index (χ0) is 13.5. The van der Waals surface area contributed by atoms with Crippen LogP contribution in [0.4, 0.5) is 0 Å². The average Bonchev–Trinajstić information content (AvgIpc) is 2.33. The van der Waals surface area contributed by atoms with Crippen molar-refractivity contribution in [2.75, 3.05) is 18.6 Å². The van der Waals surface area contributed by atoms with Gasteiger partial charge in [0, 0.05) is 28.3 Å². The number of rotatable bonds is 7. The summed E-state index contributed by atoms with van der Waals surface area (Å²) in [5, 5.41) is 3.27. The molecule has 1 aromatic carbocycles. The van der Waals surface area contributed by atoms with Gasteiger partial charge in [-0.3, -0.25) is 4.21 Å². The smallest absolute Gasteiger partial charge is 0.0434 e. The minimum absolute atomic E-state index is 0.192. The van der Waals surface area contributed by atoms with Crippen LogP contribution < -0.4 is 5.32 Å². The van der Waals surface area contributed by atoms with E-state index in [2.05, 4.69) is 50.4 Å². The second kappa shape index (κ2) is 7.70. The Balaban J connectivity index is 2.59. The van der Waals surface area contributed by atoms with Crippen molar-refractivity contribution in [3.63, 3.8) is 0 Å². The van der Waals surface area contributed by atoms with E-state index in [9.17, 15) is 4.21 Å². The molecule has 1 rings (SSSR count). The molecular weight excluding hydrogens is 242 g/mol. The predicted octanol–water partition coefficient (Wildman–Crippen LogP) is 3.05. The summed E-state index contributed by atoms with van der Waals surface area (Å²) in [5.41, 5.74) is 2.48. The molecule has 0 aliphatic carbocycles. The largest absolute Gasteiger partial charge is 0.312 e. The fourth-order valence-electron chi connectivity index (χ4n) is 1.87. The van der Waals surface area contributed by atoms with Crippen molar-refractivity contribution < 1.29 is 4.21 Å². The van der Waals surface area contributed by atoms with Crippen molar-refractivity contribution >= 4 is 10.8 Å². The lowest BCUT2D eigenvalue weighted by atomic mass is 10.1. The van der Waals surface area contributed by atoms with E-state index in [-0.39, 0.29) is 6.04 Å². The Bertz CT molecular complexity index is 390. The molecule has 0 bridgehead atoms. The molecule has 0 saturated carbocycles. The normalized spacial score (nSPS) is 14.7. The van der Waals surface area contributed by atoms with E-state index in [0.717, 1.165) is 12.2 Å². The number of nitrogens with one attached hydrogen (secondary N) is 1. The second-order valence-corrected chi connectivity index (χ2v) is 6.87. The lowest BCUT2D eigenvalue weighted by Crippen LogP contribution is -2.24. The van der Waals surface area contributed by atoms with Crippen LogP contribution in [-0.2, 0) is 10.8 Å². The van der Waals surface area contributed by atoms with Gasteiger partial charge in [0.05, 0.1) is 0 Å². The predicted molar refractivity (Wildman–Crippen MR) is 80.3 cm³/mol. The molecule has 0 amide bonds. The summed E-state index contributed by atoms with van der Waals surface area (Å²) in [5.74, 6) is 2.13. The fraction of sp³-hybridized carbons (Fsp3) is 0.600. The van der Waals surface area contributed by atoms with Crippen LogP contribution in [0.3, 0.4) is 0 Å². The van der Waals surface area contributed by atoms with E-state index >= 15 is 0 Å². The molecule has 1 aromatic rings. The van der Waals surface area contributed by atoms with Gasteiger partial charge in [-0.1, -0.05) is 43.7 Å². The molecule has 3 heteroatoms. The number of aryl methyl sites for hydroxylation is 1. The maximum atomic E-state index is 12.0. The van der Waals surface area contributed by atoms with Crippen LogP contribution in [0.5, 0.6) is 0 Å². The van der Waals surface area contributed by atoms with Crippen molar-refractivity contribution in [2.24, 2.45) is 5.92 Å². The zero-order valence-electron chi connectivity index (χ0n) is 11.9. The van der Waals surface area contributed by atoms with Crippen LogP contribution in [-0.4, -0.2) is 22.8 Å². The summed E-state index contributed by atoms with van der Waals surface area (Å²) in [6.07, 6.45) is 1.04.